The molecule has 1 saturated carbocycles. The highest BCUT2D eigenvalue weighted by atomic mass is 16.5. The Bertz CT molecular complexity index is 825. The van der Waals surface area contributed by atoms with Gasteiger partial charge in [-0.15, -0.1) is 0 Å². The predicted octanol–water partition coefficient (Wildman–Crippen LogP) is 2.49. The van der Waals surface area contributed by atoms with Crippen LogP contribution < -0.4 is 0 Å². The lowest BCUT2D eigenvalue weighted by atomic mass is 9.99. The number of hydrogen-bond acceptors (Lipinski definition) is 5. The van der Waals surface area contributed by atoms with Gasteiger partial charge < -0.3 is 14.5 Å². The van der Waals surface area contributed by atoms with Gasteiger partial charge in [-0.25, -0.2) is 9.78 Å². The minimum atomic E-state index is -0.946. The highest BCUT2D eigenvalue weighted by Crippen LogP contribution is 2.40. The summed E-state index contributed by atoms with van der Waals surface area (Å²) in [7, 11) is 0. The zero-order chi connectivity index (χ0) is 16.8. The van der Waals surface area contributed by atoms with E-state index in [9.17, 15) is 14.7 Å². The minimum absolute atomic E-state index is 0.261. The Labute approximate surface area is 138 Å². The standard InChI is InChI=1S/C17H19N3O4/c1-9-14-11(8-12(10-5-6-10)18-15(14)24-19-9)16(21)20-7-3-2-4-13(20)17(22)23/h8,10,13H,2-7H2,1H3,(H,22,23)/t13-/m1/s1. The Morgan fingerprint density at radius 2 is 2.08 bits per heavy atom. The smallest absolute Gasteiger partial charge is 0.326 e. The molecule has 1 aliphatic heterocycles. The van der Waals surface area contributed by atoms with Gasteiger partial charge >= 0.3 is 5.97 Å². The van der Waals surface area contributed by atoms with Crippen molar-refractivity contribution >= 4 is 23.0 Å². The Kier molecular flexibility index (Phi) is 3.51. The molecule has 0 radical (unpaired) electrons. The van der Waals surface area contributed by atoms with Crippen LogP contribution in [0.1, 0.15) is 59.8 Å². The fourth-order valence-corrected chi connectivity index (χ4v) is 3.46. The second kappa shape index (κ2) is 5.58. The molecule has 2 aromatic rings. The molecule has 0 unspecified atom stereocenters. The van der Waals surface area contributed by atoms with Crippen molar-refractivity contribution < 1.29 is 19.2 Å². The summed E-state index contributed by atoms with van der Waals surface area (Å²) in [6, 6.07) is 1.04. The molecule has 1 aliphatic carbocycles. The normalized spacial score (nSPS) is 21.2. The molecule has 1 amide bonds. The Balaban J connectivity index is 1.80. The van der Waals surface area contributed by atoms with Crippen molar-refractivity contribution in [1.29, 1.82) is 0 Å². The van der Waals surface area contributed by atoms with Crippen molar-refractivity contribution in [2.45, 2.75) is 51.0 Å². The summed E-state index contributed by atoms with van der Waals surface area (Å²) in [5, 5.41) is 14.0. The van der Waals surface area contributed by atoms with Gasteiger partial charge in [-0.3, -0.25) is 4.79 Å². The lowest BCUT2D eigenvalue weighted by Crippen LogP contribution is -2.48. The summed E-state index contributed by atoms with van der Waals surface area (Å²) in [6.07, 6.45) is 4.25. The number of hydrogen-bond donors (Lipinski definition) is 1. The van der Waals surface area contributed by atoms with Gasteiger partial charge in [-0.1, -0.05) is 5.16 Å². The molecule has 2 aromatic heterocycles. The predicted molar refractivity (Wildman–Crippen MR) is 84.8 cm³/mol. The summed E-state index contributed by atoms with van der Waals surface area (Å²) in [5.74, 6) is -0.844. The first-order valence-electron chi connectivity index (χ1n) is 8.37. The molecule has 4 rings (SSSR count). The zero-order valence-corrected chi connectivity index (χ0v) is 13.5. The molecular formula is C17H19N3O4. The van der Waals surface area contributed by atoms with Gasteiger partial charge in [0.05, 0.1) is 16.6 Å². The number of piperidine rings is 1. The van der Waals surface area contributed by atoms with Gasteiger partial charge in [-0.2, -0.15) is 0 Å². The Hall–Kier alpha value is -2.44. The van der Waals surface area contributed by atoms with E-state index in [4.69, 9.17) is 4.52 Å². The number of carboxylic acids is 1. The van der Waals surface area contributed by atoms with Gasteiger partial charge in [0.25, 0.3) is 11.6 Å². The van der Waals surface area contributed by atoms with E-state index in [1.54, 1.807) is 13.0 Å². The van der Waals surface area contributed by atoms with Crippen LogP contribution >= 0.6 is 0 Å². The van der Waals surface area contributed by atoms with Crippen LogP contribution in [0.3, 0.4) is 0 Å². The number of likely N-dealkylation sites (tertiary alicyclic amines) is 1. The summed E-state index contributed by atoms with van der Waals surface area (Å²) in [5.41, 5.74) is 2.27. The molecule has 7 nitrogen and oxygen atoms in total. The monoisotopic (exact) mass is 329 g/mol. The first-order chi connectivity index (χ1) is 11.6. The van der Waals surface area contributed by atoms with Gasteiger partial charge in [0.1, 0.15) is 6.04 Å². The highest BCUT2D eigenvalue weighted by molar-refractivity contribution is 6.07. The van der Waals surface area contributed by atoms with E-state index in [0.29, 0.717) is 41.2 Å². The summed E-state index contributed by atoms with van der Waals surface area (Å²) in [6.45, 7) is 2.23. The topological polar surface area (TPSA) is 96.5 Å². The van der Waals surface area contributed by atoms with Crippen molar-refractivity contribution in [3.05, 3.63) is 23.0 Å². The first kappa shape index (κ1) is 15.1. The highest BCUT2D eigenvalue weighted by Gasteiger charge is 2.35. The molecule has 1 N–H and O–H groups in total. The molecule has 0 spiro atoms. The number of rotatable bonds is 3. The molecule has 126 valence electrons. The number of carbonyl (C=O) groups is 2. The van der Waals surface area contributed by atoms with Crippen LogP contribution in [0.15, 0.2) is 10.6 Å². The molecular weight excluding hydrogens is 310 g/mol. The number of fused-ring (bicyclic) bond motifs is 1. The number of nitrogens with zero attached hydrogens (tertiary/aromatic N) is 3. The number of pyridine rings is 1. The maximum atomic E-state index is 13.1. The number of carbonyl (C=O) groups excluding carboxylic acids is 1. The van der Waals surface area contributed by atoms with E-state index >= 15 is 0 Å². The van der Waals surface area contributed by atoms with E-state index in [1.807, 2.05) is 0 Å². The van der Waals surface area contributed by atoms with Crippen molar-refractivity contribution in [2.24, 2.45) is 0 Å². The SMILES string of the molecule is Cc1noc2nc(C3CC3)cc(C(=O)N3CCCC[C@@H]3C(=O)O)c12. The summed E-state index contributed by atoms with van der Waals surface area (Å²) < 4.78 is 5.27. The van der Waals surface area contributed by atoms with Crippen molar-refractivity contribution in [2.75, 3.05) is 6.54 Å². The second-order valence-electron chi connectivity index (χ2n) is 6.67. The molecule has 7 heteroatoms. The fourth-order valence-electron chi connectivity index (χ4n) is 3.46. The molecule has 24 heavy (non-hydrogen) atoms. The lowest BCUT2D eigenvalue weighted by Gasteiger charge is -2.33. The third-order valence-corrected chi connectivity index (χ3v) is 4.91. The fraction of sp³-hybridized carbons (Fsp3) is 0.529. The Morgan fingerprint density at radius 3 is 2.79 bits per heavy atom. The lowest BCUT2D eigenvalue weighted by molar-refractivity contribution is -0.143. The van der Waals surface area contributed by atoms with Crippen LogP contribution in [0.25, 0.3) is 11.1 Å². The molecule has 1 atom stereocenters. The van der Waals surface area contributed by atoms with Crippen LogP contribution in [0, 0.1) is 6.92 Å². The van der Waals surface area contributed by atoms with Gasteiger partial charge in [0.2, 0.25) is 0 Å². The van der Waals surface area contributed by atoms with E-state index < -0.39 is 12.0 Å². The summed E-state index contributed by atoms with van der Waals surface area (Å²) in [4.78, 5) is 30.6. The van der Waals surface area contributed by atoms with Crippen LogP contribution in [-0.4, -0.2) is 44.6 Å². The minimum Gasteiger partial charge on any atom is -0.480 e. The first-order valence-corrected chi connectivity index (χ1v) is 8.37. The van der Waals surface area contributed by atoms with Crippen LogP contribution in [0.4, 0.5) is 0 Å². The number of aryl methyl sites for hydroxylation is 1. The third-order valence-electron chi connectivity index (χ3n) is 4.91. The van der Waals surface area contributed by atoms with Gasteiger partial charge in [0.15, 0.2) is 0 Å². The van der Waals surface area contributed by atoms with Crippen LogP contribution in [0.2, 0.25) is 0 Å². The van der Waals surface area contributed by atoms with Crippen LogP contribution in [0.5, 0.6) is 0 Å². The summed E-state index contributed by atoms with van der Waals surface area (Å²) >= 11 is 0. The van der Waals surface area contributed by atoms with Gasteiger partial charge in [0, 0.05) is 18.2 Å². The largest absolute Gasteiger partial charge is 0.480 e. The van der Waals surface area contributed by atoms with Crippen molar-refractivity contribution in [1.82, 2.24) is 15.0 Å². The van der Waals surface area contributed by atoms with E-state index in [2.05, 4.69) is 10.1 Å². The van der Waals surface area contributed by atoms with Crippen molar-refractivity contribution in [3.8, 4) is 0 Å². The molecule has 3 heterocycles. The second-order valence-corrected chi connectivity index (χ2v) is 6.67. The number of amides is 1. The van der Waals surface area contributed by atoms with Crippen molar-refractivity contribution in [3.63, 3.8) is 0 Å². The van der Waals surface area contributed by atoms with Crippen LogP contribution in [-0.2, 0) is 4.79 Å². The third kappa shape index (κ3) is 2.44. The molecule has 0 bridgehead atoms. The van der Waals surface area contributed by atoms with E-state index in [0.717, 1.165) is 31.4 Å². The molecule has 2 fully saturated rings. The van der Waals surface area contributed by atoms with Gasteiger partial charge in [-0.05, 0) is 45.1 Å². The maximum absolute atomic E-state index is 13.1. The average Bonchev–Trinajstić information content (AvgIpc) is 3.37. The zero-order valence-electron chi connectivity index (χ0n) is 13.5. The quantitative estimate of drug-likeness (QED) is 0.929. The molecule has 0 aromatic carbocycles. The van der Waals surface area contributed by atoms with E-state index in [1.165, 1.54) is 4.90 Å². The number of carboxylic acid groups (broad SMARTS) is 1. The number of aromatic nitrogens is 2. The number of aliphatic carboxylic acids is 1. The molecule has 1 saturated heterocycles. The Morgan fingerprint density at radius 1 is 1.29 bits per heavy atom. The maximum Gasteiger partial charge on any atom is 0.326 e. The van der Waals surface area contributed by atoms with E-state index in [-0.39, 0.29) is 5.91 Å². The average molecular weight is 329 g/mol. The molecule has 2 aliphatic rings.